The van der Waals surface area contributed by atoms with Crippen molar-refractivity contribution < 1.29 is 22.8 Å². The van der Waals surface area contributed by atoms with Crippen molar-refractivity contribution in [3.63, 3.8) is 0 Å². The molecular formula is C16H19F3N2O2. The van der Waals surface area contributed by atoms with E-state index in [-0.39, 0.29) is 18.2 Å². The van der Waals surface area contributed by atoms with Gasteiger partial charge in [-0.3, -0.25) is 9.59 Å². The SMILES string of the molecule is CC(C)(Cc1ccc(C(F)(F)F)cc1)NC(=O)C1CNC(=O)C1. The zero-order chi connectivity index (χ0) is 17.3. The van der Waals surface area contributed by atoms with Gasteiger partial charge in [0.05, 0.1) is 11.5 Å². The number of halogens is 3. The topological polar surface area (TPSA) is 58.2 Å². The minimum Gasteiger partial charge on any atom is -0.355 e. The predicted molar refractivity (Wildman–Crippen MR) is 78.5 cm³/mol. The number of amides is 2. The second-order valence-corrected chi connectivity index (χ2v) is 6.45. The minimum atomic E-state index is -4.36. The van der Waals surface area contributed by atoms with Crippen molar-refractivity contribution in [3.8, 4) is 0 Å². The average molecular weight is 328 g/mol. The zero-order valence-electron chi connectivity index (χ0n) is 13.0. The Morgan fingerprint density at radius 2 is 1.87 bits per heavy atom. The van der Waals surface area contributed by atoms with E-state index in [0.717, 1.165) is 12.1 Å². The molecule has 1 atom stereocenters. The number of nitrogens with one attached hydrogen (secondary N) is 2. The van der Waals surface area contributed by atoms with Crippen molar-refractivity contribution >= 4 is 11.8 Å². The van der Waals surface area contributed by atoms with Crippen LogP contribution in [0.25, 0.3) is 0 Å². The van der Waals surface area contributed by atoms with Crippen LogP contribution in [0.1, 0.15) is 31.4 Å². The molecule has 2 N–H and O–H groups in total. The first kappa shape index (κ1) is 17.3. The molecule has 0 spiro atoms. The van der Waals surface area contributed by atoms with Crippen molar-refractivity contribution in [2.45, 2.75) is 38.4 Å². The number of alkyl halides is 3. The van der Waals surface area contributed by atoms with E-state index >= 15 is 0 Å². The van der Waals surface area contributed by atoms with E-state index in [1.807, 2.05) is 0 Å². The molecule has 1 aromatic rings. The van der Waals surface area contributed by atoms with Crippen molar-refractivity contribution in [2.24, 2.45) is 5.92 Å². The number of hydrogen-bond donors (Lipinski definition) is 2. The van der Waals surface area contributed by atoms with Crippen LogP contribution in [0.3, 0.4) is 0 Å². The van der Waals surface area contributed by atoms with Gasteiger partial charge in [-0.05, 0) is 38.0 Å². The molecule has 1 fully saturated rings. The van der Waals surface area contributed by atoms with Crippen molar-refractivity contribution in [1.82, 2.24) is 10.6 Å². The summed E-state index contributed by atoms with van der Waals surface area (Å²) >= 11 is 0. The third-order valence-electron chi connectivity index (χ3n) is 3.74. The number of benzene rings is 1. The molecule has 23 heavy (non-hydrogen) atoms. The van der Waals surface area contributed by atoms with Crippen LogP contribution in [-0.4, -0.2) is 23.9 Å². The van der Waals surface area contributed by atoms with Crippen molar-refractivity contribution in [3.05, 3.63) is 35.4 Å². The molecule has 1 aliphatic rings. The van der Waals surface area contributed by atoms with Gasteiger partial charge >= 0.3 is 6.18 Å². The van der Waals surface area contributed by atoms with Gasteiger partial charge in [0.1, 0.15) is 0 Å². The number of hydrogen-bond acceptors (Lipinski definition) is 2. The molecule has 1 heterocycles. The van der Waals surface area contributed by atoms with E-state index in [0.29, 0.717) is 18.5 Å². The third-order valence-corrected chi connectivity index (χ3v) is 3.74. The summed E-state index contributed by atoms with van der Waals surface area (Å²) in [5.74, 6) is -0.764. The molecule has 1 aliphatic heterocycles. The van der Waals surface area contributed by atoms with Crippen LogP contribution in [0.15, 0.2) is 24.3 Å². The van der Waals surface area contributed by atoms with E-state index in [2.05, 4.69) is 10.6 Å². The molecule has 1 saturated heterocycles. The lowest BCUT2D eigenvalue weighted by atomic mass is 9.93. The fourth-order valence-corrected chi connectivity index (χ4v) is 2.59. The highest BCUT2D eigenvalue weighted by molar-refractivity contribution is 5.89. The third kappa shape index (κ3) is 4.71. The predicted octanol–water partition coefficient (Wildman–Crippen LogP) is 2.28. The molecule has 2 amide bonds. The van der Waals surface area contributed by atoms with Gasteiger partial charge in [-0.15, -0.1) is 0 Å². The number of carbonyl (C=O) groups is 2. The van der Waals surface area contributed by atoms with Gasteiger partial charge in [0, 0.05) is 18.5 Å². The maximum Gasteiger partial charge on any atom is 0.416 e. The summed E-state index contributed by atoms with van der Waals surface area (Å²) in [6.07, 6.45) is -3.79. The lowest BCUT2D eigenvalue weighted by Gasteiger charge is -2.28. The number of carbonyl (C=O) groups excluding carboxylic acids is 2. The Balaban J connectivity index is 1.97. The monoisotopic (exact) mass is 328 g/mol. The molecule has 0 aromatic heterocycles. The van der Waals surface area contributed by atoms with Crippen LogP contribution < -0.4 is 10.6 Å². The van der Waals surface area contributed by atoms with E-state index < -0.39 is 23.2 Å². The summed E-state index contributed by atoms with van der Waals surface area (Å²) in [4.78, 5) is 23.3. The molecule has 0 bridgehead atoms. The van der Waals surface area contributed by atoms with Gasteiger partial charge in [0.2, 0.25) is 11.8 Å². The van der Waals surface area contributed by atoms with Gasteiger partial charge < -0.3 is 10.6 Å². The van der Waals surface area contributed by atoms with Crippen LogP contribution >= 0.6 is 0 Å². The smallest absolute Gasteiger partial charge is 0.355 e. The van der Waals surface area contributed by atoms with Crippen LogP contribution in [0, 0.1) is 5.92 Å². The quantitative estimate of drug-likeness (QED) is 0.891. The van der Waals surface area contributed by atoms with Crippen LogP contribution in [0.5, 0.6) is 0 Å². The summed E-state index contributed by atoms with van der Waals surface area (Å²) in [5.41, 5.74) is -0.620. The van der Waals surface area contributed by atoms with Gasteiger partial charge in [-0.25, -0.2) is 0 Å². The Labute approximate surface area is 132 Å². The summed E-state index contributed by atoms with van der Waals surface area (Å²) in [6.45, 7) is 3.92. The molecule has 0 radical (unpaired) electrons. The largest absolute Gasteiger partial charge is 0.416 e. The Morgan fingerprint density at radius 3 is 2.35 bits per heavy atom. The lowest BCUT2D eigenvalue weighted by Crippen LogP contribution is -2.48. The molecule has 7 heteroatoms. The lowest BCUT2D eigenvalue weighted by molar-refractivity contribution is -0.137. The maximum atomic E-state index is 12.5. The van der Waals surface area contributed by atoms with E-state index in [4.69, 9.17) is 0 Å². The molecule has 2 rings (SSSR count). The first-order chi connectivity index (χ1) is 10.6. The van der Waals surface area contributed by atoms with Crippen molar-refractivity contribution in [1.29, 1.82) is 0 Å². The zero-order valence-corrected chi connectivity index (χ0v) is 13.0. The fourth-order valence-electron chi connectivity index (χ4n) is 2.59. The van der Waals surface area contributed by atoms with Gasteiger partial charge in [0.25, 0.3) is 0 Å². The first-order valence-corrected chi connectivity index (χ1v) is 7.32. The van der Waals surface area contributed by atoms with Crippen LogP contribution in [0.4, 0.5) is 13.2 Å². The summed E-state index contributed by atoms with van der Waals surface area (Å²) < 4.78 is 37.6. The van der Waals surface area contributed by atoms with E-state index in [1.54, 1.807) is 13.8 Å². The standard InChI is InChI=1S/C16H19F3N2O2/c1-15(2,21-14(23)11-7-13(22)20-9-11)8-10-3-5-12(6-4-10)16(17,18)19/h3-6,11H,7-9H2,1-2H3,(H,20,22)(H,21,23). The van der Waals surface area contributed by atoms with Crippen LogP contribution in [0.2, 0.25) is 0 Å². The average Bonchev–Trinajstić information content (AvgIpc) is 2.84. The van der Waals surface area contributed by atoms with Crippen molar-refractivity contribution in [2.75, 3.05) is 6.54 Å². The molecule has 0 aliphatic carbocycles. The first-order valence-electron chi connectivity index (χ1n) is 7.32. The van der Waals surface area contributed by atoms with Gasteiger partial charge in [-0.1, -0.05) is 12.1 Å². The molecule has 126 valence electrons. The Bertz CT molecular complexity index is 594. The second-order valence-electron chi connectivity index (χ2n) is 6.45. The second kappa shape index (κ2) is 6.22. The molecule has 1 unspecified atom stereocenters. The molecule has 0 saturated carbocycles. The molecule has 4 nitrogen and oxygen atoms in total. The van der Waals surface area contributed by atoms with Gasteiger partial charge in [0.15, 0.2) is 0 Å². The van der Waals surface area contributed by atoms with E-state index in [1.165, 1.54) is 12.1 Å². The molecule has 1 aromatic carbocycles. The Kier molecular flexibility index (Phi) is 4.68. The van der Waals surface area contributed by atoms with Crippen LogP contribution in [-0.2, 0) is 22.2 Å². The summed E-state index contributed by atoms with van der Waals surface area (Å²) in [5, 5.41) is 5.46. The Hall–Kier alpha value is -2.05. The maximum absolute atomic E-state index is 12.5. The molecular weight excluding hydrogens is 309 g/mol. The highest BCUT2D eigenvalue weighted by Crippen LogP contribution is 2.29. The summed E-state index contributed by atoms with van der Waals surface area (Å²) in [6, 6.07) is 4.90. The highest BCUT2D eigenvalue weighted by atomic mass is 19.4. The summed E-state index contributed by atoms with van der Waals surface area (Å²) in [7, 11) is 0. The minimum absolute atomic E-state index is 0.148. The fraction of sp³-hybridized carbons (Fsp3) is 0.500. The van der Waals surface area contributed by atoms with Gasteiger partial charge in [-0.2, -0.15) is 13.2 Å². The highest BCUT2D eigenvalue weighted by Gasteiger charge is 2.32. The number of rotatable bonds is 4. The normalized spacial score (nSPS) is 18.7. The van der Waals surface area contributed by atoms with E-state index in [9.17, 15) is 22.8 Å². The Morgan fingerprint density at radius 1 is 1.26 bits per heavy atom.